The first-order chi connectivity index (χ1) is 10.3. The van der Waals surface area contributed by atoms with Crippen LogP contribution in [0.4, 0.5) is 4.79 Å². The molecule has 0 radical (unpaired) electrons. The van der Waals surface area contributed by atoms with Gasteiger partial charge in [0.15, 0.2) is 0 Å². The van der Waals surface area contributed by atoms with Crippen LogP contribution >= 0.6 is 11.3 Å². The van der Waals surface area contributed by atoms with Gasteiger partial charge < -0.3 is 10.2 Å². The monoisotopic (exact) mass is 301 g/mol. The van der Waals surface area contributed by atoms with Crippen molar-refractivity contribution in [1.82, 2.24) is 15.2 Å². The molecule has 2 aromatic heterocycles. The van der Waals surface area contributed by atoms with E-state index in [2.05, 4.69) is 27.8 Å². The van der Waals surface area contributed by atoms with Crippen molar-refractivity contribution in [3.05, 3.63) is 52.5 Å². The molecule has 1 N–H and O–H groups in total. The van der Waals surface area contributed by atoms with E-state index in [1.165, 1.54) is 4.88 Å². The smallest absolute Gasteiger partial charge is 0.317 e. The number of likely N-dealkylation sites (tertiary alicyclic amines) is 1. The number of rotatable bonds is 4. The molecular formula is C16H19N3OS. The zero-order valence-corrected chi connectivity index (χ0v) is 12.7. The molecule has 0 spiro atoms. The Labute approximate surface area is 128 Å². The van der Waals surface area contributed by atoms with Gasteiger partial charge in [-0.15, -0.1) is 11.3 Å². The maximum Gasteiger partial charge on any atom is 0.317 e. The van der Waals surface area contributed by atoms with E-state index in [-0.39, 0.29) is 12.1 Å². The van der Waals surface area contributed by atoms with E-state index in [0.717, 1.165) is 31.5 Å². The van der Waals surface area contributed by atoms with Gasteiger partial charge in [-0.05, 0) is 36.4 Å². The molecule has 21 heavy (non-hydrogen) atoms. The van der Waals surface area contributed by atoms with Crippen LogP contribution < -0.4 is 5.32 Å². The zero-order valence-electron chi connectivity index (χ0n) is 11.9. The number of urea groups is 1. The van der Waals surface area contributed by atoms with Crippen LogP contribution in [0.5, 0.6) is 0 Å². The number of hydrogen-bond donors (Lipinski definition) is 1. The van der Waals surface area contributed by atoms with Crippen molar-refractivity contribution in [1.29, 1.82) is 0 Å². The fourth-order valence-corrected chi connectivity index (χ4v) is 3.61. The number of carbonyl (C=O) groups is 1. The summed E-state index contributed by atoms with van der Waals surface area (Å²) in [5.74, 6) is 0. The Hall–Kier alpha value is -1.88. The predicted molar refractivity (Wildman–Crippen MR) is 84.3 cm³/mol. The lowest BCUT2D eigenvalue weighted by Gasteiger charge is -2.24. The van der Waals surface area contributed by atoms with Crippen LogP contribution in [0.25, 0.3) is 0 Å². The minimum absolute atomic E-state index is 0.0434. The number of nitrogens with one attached hydrogen (secondary N) is 1. The van der Waals surface area contributed by atoms with Crippen LogP contribution in [0.3, 0.4) is 0 Å². The van der Waals surface area contributed by atoms with Crippen LogP contribution in [0.15, 0.2) is 41.9 Å². The lowest BCUT2D eigenvalue weighted by Crippen LogP contribution is -2.40. The molecule has 0 aliphatic carbocycles. The van der Waals surface area contributed by atoms with Crippen molar-refractivity contribution in [3.8, 4) is 0 Å². The molecule has 0 aromatic carbocycles. The third-order valence-electron chi connectivity index (χ3n) is 3.77. The second-order valence-electron chi connectivity index (χ2n) is 5.17. The molecule has 2 aromatic rings. The topological polar surface area (TPSA) is 45.2 Å². The molecule has 5 heteroatoms. The fourth-order valence-electron chi connectivity index (χ4n) is 2.73. The number of amides is 2. The van der Waals surface area contributed by atoms with Crippen LogP contribution in [0.1, 0.15) is 29.5 Å². The molecule has 3 rings (SSSR count). The molecule has 4 nitrogen and oxygen atoms in total. The largest absolute Gasteiger partial charge is 0.338 e. The normalized spacial score (nSPS) is 17.9. The summed E-state index contributed by atoms with van der Waals surface area (Å²) >= 11 is 1.73. The van der Waals surface area contributed by atoms with Crippen LogP contribution in [-0.2, 0) is 6.42 Å². The second kappa shape index (κ2) is 6.72. The van der Waals surface area contributed by atoms with Crippen molar-refractivity contribution < 1.29 is 4.79 Å². The van der Waals surface area contributed by atoms with Crippen molar-refractivity contribution in [2.75, 3.05) is 13.1 Å². The Morgan fingerprint density at radius 1 is 1.38 bits per heavy atom. The molecule has 1 aliphatic heterocycles. The minimum Gasteiger partial charge on any atom is -0.338 e. The summed E-state index contributed by atoms with van der Waals surface area (Å²) in [6.45, 7) is 1.47. The molecule has 1 aliphatic rings. The Kier molecular flexibility index (Phi) is 4.50. The van der Waals surface area contributed by atoms with Gasteiger partial charge in [-0.3, -0.25) is 4.98 Å². The number of nitrogens with zero attached hydrogens (tertiary/aromatic N) is 2. The second-order valence-corrected chi connectivity index (χ2v) is 6.15. The first kappa shape index (κ1) is 14.1. The first-order valence-corrected chi connectivity index (χ1v) is 8.20. The van der Waals surface area contributed by atoms with Crippen LogP contribution in [-0.4, -0.2) is 29.0 Å². The highest BCUT2D eigenvalue weighted by Crippen LogP contribution is 2.34. The number of pyridine rings is 1. The van der Waals surface area contributed by atoms with Crippen molar-refractivity contribution in [3.63, 3.8) is 0 Å². The maximum absolute atomic E-state index is 12.3. The van der Waals surface area contributed by atoms with Gasteiger partial charge in [0.25, 0.3) is 0 Å². The standard InChI is InChI=1S/C16H19N3OS/c20-16(18-10-8-13-5-1-2-9-17-13)19-11-3-6-14(19)15-7-4-12-21-15/h1-2,4-5,7,9,12,14H,3,6,8,10-11H2,(H,18,20)/t14-/m0/s1. The lowest BCUT2D eigenvalue weighted by molar-refractivity contribution is 0.194. The highest BCUT2D eigenvalue weighted by atomic mass is 32.1. The minimum atomic E-state index is 0.0434. The highest BCUT2D eigenvalue weighted by molar-refractivity contribution is 7.10. The van der Waals surface area contributed by atoms with E-state index in [9.17, 15) is 4.79 Å². The number of hydrogen-bond acceptors (Lipinski definition) is 3. The molecule has 1 saturated heterocycles. The number of carbonyl (C=O) groups excluding carboxylic acids is 1. The van der Waals surface area contributed by atoms with Gasteiger partial charge in [0, 0.05) is 36.3 Å². The van der Waals surface area contributed by atoms with E-state index in [4.69, 9.17) is 0 Å². The van der Waals surface area contributed by atoms with E-state index in [1.807, 2.05) is 23.1 Å². The van der Waals surface area contributed by atoms with Gasteiger partial charge in [0.1, 0.15) is 0 Å². The average Bonchev–Trinajstić information content (AvgIpc) is 3.19. The Morgan fingerprint density at radius 2 is 2.33 bits per heavy atom. The molecule has 3 heterocycles. The summed E-state index contributed by atoms with van der Waals surface area (Å²) in [4.78, 5) is 19.9. The van der Waals surface area contributed by atoms with Gasteiger partial charge in [-0.2, -0.15) is 0 Å². The molecule has 0 saturated carbocycles. The quantitative estimate of drug-likeness (QED) is 0.942. The van der Waals surface area contributed by atoms with Gasteiger partial charge >= 0.3 is 6.03 Å². The molecule has 0 unspecified atom stereocenters. The van der Waals surface area contributed by atoms with E-state index in [0.29, 0.717) is 6.54 Å². The SMILES string of the molecule is O=C(NCCc1ccccn1)N1CCC[C@H]1c1cccs1. The summed E-state index contributed by atoms with van der Waals surface area (Å²) in [5, 5.41) is 5.09. The predicted octanol–water partition coefficient (Wildman–Crippen LogP) is 3.23. The van der Waals surface area contributed by atoms with E-state index < -0.39 is 0 Å². The third kappa shape index (κ3) is 3.42. The van der Waals surface area contributed by atoms with Gasteiger partial charge in [0.2, 0.25) is 0 Å². The van der Waals surface area contributed by atoms with Crippen molar-refractivity contribution in [2.24, 2.45) is 0 Å². The summed E-state index contributed by atoms with van der Waals surface area (Å²) < 4.78 is 0. The molecular weight excluding hydrogens is 282 g/mol. The van der Waals surface area contributed by atoms with Crippen LogP contribution in [0, 0.1) is 0 Å². The average molecular weight is 301 g/mol. The lowest BCUT2D eigenvalue weighted by atomic mass is 10.2. The van der Waals surface area contributed by atoms with Gasteiger partial charge in [-0.1, -0.05) is 12.1 Å². The third-order valence-corrected chi connectivity index (χ3v) is 4.74. The Balaban J connectivity index is 1.53. The van der Waals surface area contributed by atoms with Crippen LogP contribution in [0.2, 0.25) is 0 Å². The van der Waals surface area contributed by atoms with E-state index >= 15 is 0 Å². The van der Waals surface area contributed by atoms with Gasteiger partial charge in [-0.25, -0.2) is 4.79 Å². The number of aromatic nitrogens is 1. The Bertz CT molecular complexity index is 570. The molecule has 1 fully saturated rings. The molecule has 1 atom stereocenters. The summed E-state index contributed by atoms with van der Waals surface area (Å²) in [7, 11) is 0. The fraction of sp³-hybridized carbons (Fsp3) is 0.375. The Morgan fingerprint density at radius 3 is 3.10 bits per heavy atom. The zero-order chi connectivity index (χ0) is 14.5. The number of thiophene rings is 1. The van der Waals surface area contributed by atoms with Crippen molar-refractivity contribution in [2.45, 2.75) is 25.3 Å². The van der Waals surface area contributed by atoms with Crippen molar-refractivity contribution >= 4 is 17.4 Å². The van der Waals surface area contributed by atoms with Gasteiger partial charge in [0.05, 0.1) is 6.04 Å². The summed E-state index contributed by atoms with van der Waals surface area (Å²) in [5.41, 5.74) is 1.01. The maximum atomic E-state index is 12.3. The highest BCUT2D eigenvalue weighted by Gasteiger charge is 2.30. The van der Waals surface area contributed by atoms with E-state index in [1.54, 1.807) is 17.5 Å². The molecule has 0 bridgehead atoms. The summed E-state index contributed by atoms with van der Waals surface area (Å²) in [6, 6.07) is 10.3. The molecule has 2 amide bonds. The summed E-state index contributed by atoms with van der Waals surface area (Å²) in [6.07, 6.45) is 4.69. The molecule has 110 valence electrons. The first-order valence-electron chi connectivity index (χ1n) is 7.32.